The third-order valence-corrected chi connectivity index (χ3v) is 7.02. The summed E-state index contributed by atoms with van der Waals surface area (Å²) in [5, 5.41) is 5.06. The maximum Gasteiger partial charge on any atom is 0.0588 e. The van der Waals surface area contributed by atoms with Crippen LogP contribution >= 0.6 is 0 Å². The molecule has 0 atom stereocenters. The fourth-order valence-electron chi connectivity index (χ4n) is 5.22. The zero-order chi connectivity index (χ0) is 19.1. The number of rotatable bonds is 4. The molecule has 2 aromatic carbocycles. The second-order valence-corrected chi connectivity index (χ2v) is 8.29. The van der Waals surface area contributed by atoms with Crippen molar-refractivity contribution in [3.05, 3.63) is 71.4 Å². The molecule has 1 fully saturated rings. The van der Waals surface area contributed by atoms with Gasteiger partial charge in [-0.2, -0.15) is 0 Å². The third kappa shape index (κ3) is 2.81. The summed E-state index contributed by atoms with van der Waals surface area (Å²) in [6, 6.07) is 19.7. The minimum atomic E-state index is 0.0113. The van der Waals surface area contributed by atoms with E-state index in [0.29, 0.717) is 0 Å². The zero-order valence-corrected chi connectivity index (χ0v) is 17.0. The van der Waals surface area contributed by atoms with Crippen LogP contribution in [0.15, 0.2) is 54.6 Å². The molecule has 0 radical (unpaired) electrons. The molecule has 2 N–H and O–H groups in total. The van der Waals surface area contributed by atoms with Gasteiger partial charge in [0.15, 0.2) is 0 Å². The Morgan fingerprint density at radius 2 is 1.52 bits per heavy atom. The Hall–Kier alpha value is -2.10. The zero-order valence-electron chi connectivity index (χ0n) is 17.0. The number of H-pyrrole nitrogens is 1. The minimum absolute atomic E-state index is 0.0113. The lowest BCUT2D eigenvalue weighted by molar-refractivity contribution is 0.0545. The van der Waals surface area contributed by atoms with E-state index in [9.17, 15) is 0 Å². The first-order chi connectivity index (χ1) is 13.0. The lowest BCUT2D eigenvalue weighted by atomic mass is 9.67. The molecular formula is C24H31N3. The number of hydrogen-bond donors (Lipinski definition) is 2. The van der Waals surface area contributed by atoms with E-state index in [1.807, 2.05) is 0 Å². The van der Waals surface area contributed by atoms with Gasteiger partial charge in [-0.05, 0) is 70.9 Å². The fourth-order valence-corrected chi connectivity index (χ4v) is 5.22. The van der Waals surface area contributed by atoms with Crippen molar-refractivity contribution in [2.75, 3.05) is 21.1 Å². The van der Waals surface area contributed by atoms with E-state index in [0.717, 1.165) is 25.7 Å². The van der Waals surface area contributed by atoms with Gasteiger partial charge in [-0.1, -0.05) is 48.5 Å². The number of aromatic amines is 1. The van der Waals surface area contributed by atoms with Gasteiger partial charge in [0.25, 0.3) is 0 Å². The SMILES string of the molecule is CNC1(c2[nH]c3ccccc3c2C)CCC(c2ccccc2)(N(C)C)CC1. The van der Waals surface area contributed by atoms with E-state index in [-0.39, 0.29) is 11.1 Å². The van der Waals surface area contributed by atoms with Crippen molar-refractivity contribution < 1.29 is 0 Å². The van der Waals surface area contributed by atoms with E-state index in [4.69, 9.17) is 0 Å². The molecule has 3 heteroatoms. The first-order valence-corrected chi connectivity index (χ1v) is 10.0. The summed E-state index contributed by atoms with van der Waals surface area (Å²) in [5.41, 5.74) is 5.56. The van der Waals surface area contributed by atoms with Crippen LogP contribution in [0.1, 0.15) is 42.5 Å². The molecule has 0 amide bonds. The van der Waals surface area contributed by atoms with Crippen LogP contribution in [0.4, 0.5) is 0 Å². The number of hydrogen-bond acceptors (Lipinski definition) is 2. The first kappa shape index (κ1) is 18.3. The number of nitrogens with zero attached hydrogens (tertiary/aromatic N) is 1. The van der Waals surface area contributed by atoms with Gasteiger partial charge in [0.2, 0.25) is 0 Å². The van der Waals surface area contributed by atoms with E-state index in [1.165, 1.54) is 27.7 Å². The quantitative estimate of drug-likeness (QED) is 0.691. The Bertz CT molecular complexity index is 915. The molecule has 3 nitrogen and oxygen atoms in total. The van der Waals surface area contributed by atoms with Crippen molar-refractivity contribution in [1.29, 1.82) is 0 Å². The highest BCUT2D eigenvalue weighted by atomic mass is 15.2. The first-order valence-electron chi connectivity index (χ1n) is 10.0. The standard InChI is InChI=1S/C24H31N3/c1-18-20-12-8-9-13-21(20)26-22(18)23(25-2)14-16-24(17-15-23,27(3)4)19-10-6-5-7-11-19/h5-13,25-26H,14-17H2,1-4H3. The van der Waals surface area contributed by atoms with Crippen LogP contribution < -0.4 is 5.32 Å². The summed E-state index contributed by atoms with van der Waals surface area (Å²) in [6.07, 6.45) is 4.51. The fraction of sp³-hybridized carbons (Fsp3) is 0.417. The van der Waals surface area contributed by atoms with Crippen LogP contribution in [0.3, 0.4) is 0 Å². The average Bonchev–Trinajstić information content (AvgIpc) is 3.06. The topological polar surface area (TPSA) is 31.1 Å². The summed E-state index contributed by atoms with van der Waals surface area (Å²) in [7, 11) is 6.58. The molecule has 0 saturated heterocycles. The van der Waals surface area contributed by atoms with Crippen molar-refractivity contribution in [3.8, 4) is 0 Å². The summed E-state index contributed by atoms with van der Waals surface area (Å²) in [4.78, 5) is 6.18. The predicted octanol–water partition coefficient (Wildman–Crippen LogP) is 4.92. The summed E-state index contributed by atoms with van der Waals surface area (Å²) in [5.74, 6) is 0. The number of nitrogens with one attached hydrogen (secondary N) is 2. The van der Waals surface area contributed by atoms with E-state index in [1.54, 1.807) is 0 Å². The lowest BCUT2D eigenvalue weighted by Gasteiger charge is -2.50. The minimum Gasteiger partial charge on any atom is -0.357 e. The van der Waals surface area contributed by atoms with E-state index in [2.05, 4.69) is 97.9 Å². The summed E-state index contributed by atoms with van der Waals surface area (Å²) in [6.45, 7) is 2.26. The Kier molecular flexibility index (Phi) is 4.61. The van der Waals surface area contributed by atoms with Crippen LogP contribution in [0.25, 0.3) is 10.9 Å². The van der Waals surface area contributed by atoms with Gasteiger partial charge in [-0.3, -0.25) is 4.90 Å². The average molecular weight is 362 g/mol. The van der Waals surface area contributed by atoms with Crippen molar-refractivity contribution >= 4 is 10.9 Å². The molecule has 1 saturated carbocycles. The molecule has 142 valence electrons. The number of aromatic nitrogens is 1. The van der Waals surface area contributed by atoms with Crippen LogP contribution in [-0.4, -0.2) is 31.0 Å². The molecule has 4 rings (SSSR count). The summed E-state index contributed by atoms with van der Waals surface area (Å²) < 4.78 is 0. The smallest absolute Gasteiger partial charge is 0.0588 e. The molecular weight excluding hydrogens is 330 g/mol. The van der Waals surface area contributed by atoms with Gasteiger partial charge in [0, 0.05) is 22.1 Å². The summed E-state index contributed by atoms with van der Waals surface area (Å²) >= 11 is 0. The molecule has 0 aliphatic heterocycles. The van der Waals surface area contributed by atoms with E-state index < -0.39 is 0 Å². The highest BCUT2D eigenvalue weighted by molar-refractivity contribution is 5.84. The molecule has 1 aromatic heterocycles. The largest absolute Gasteiger partial charge is 0.357 e. The molecule has 1 aliphatic carbocycles. The van der Waals surface area contributed by atoms with Crippen molar-refractivity contribution in [1.82, 2.24) is 15.2 Å². The van der Waals surface area contributed by atoms with Crippen LogP contribution in [0.2, 0.25) is 0 Å². The Labute approximate surface area is 162 Å². The van der Waals surface area contributed by atoms with Gasteiger partial charge in [0.05, 0.1) is 5.54 Å². The van der Waals surface area contributed by atoms with Crippen LogP contribution in [-0.2, 0) is 11.1 Å². The molecule has 1 aliphatic rings. The van der Waals surface area contributed by atoms with Gasteiger partial charge >= 0.3 is 0 Å². The van der Waals surface area contributed by atoms with Gasteiger partial charge in [0.1, 0.15) is 0 Å². The van der Waals surface area contributed by atoms with Gasteiger partial charge < -0.3 is 10.3 Å². The number of benzene rings is 2. The second kappa shape index (κ2) is 6.81. The molecule has 1 heterocycles. The predicted molar refractivity (Wildman–Crippen MR) is 114 cm³/mol. The number of aryl methyl sites for hydroxylation is 1. The monoisotopic (exact) mass is 361 g/mol. The molecule has 0 bridgehead atoms. The van der Waals surface area contributed by atoms with Crippen molar-refractivity contribution in [3.63, 3.8) is 0 Å². The van der Waals surface area contributed by atoms with Gasteiger partial charge in [-0.15, -0.1) is 0 Å². The maximum absolute atomic E-state index is 3.75. The number of fused-ring (bicyclic) bond motifs is 1. The Balaban J connectivity index is 1.72. The molecule has 0 spiro atoms. The Morgan fingerprint density at radius 1 is 0.889 bits per heavy atom. The Morgan fingerprint density at radius 3 is 2.11 bits per heavy atom. The normalized spacial score (nSPS) is 26.0. The maximum atomic E-state index is 3.75. The molecule has 3 aromatic rings. The second-order valence-electron chi connectivity index (χ2n) is 8.29. The van der Waals surface area contributed by atoms with Crippen molar-refractivity contribution in [2.24, 2.45) is 0 Å². The lowest BCUT2D eigenvalue weighted by Crippen LogP contribution is -2.52. The van der Waals surface area contributed by atoms with Gasteiger partial charge in [-0.25, -0.2) is 0 Å². The highest BCUT2D eigenvalue weighted by Crippen LogP contribution is 2.49. The third-order valence-electron chi connectivity index (χ3n) is 7.02. The van der Waals surface area contributed by atoms with Crippen LogP contribution in [0, 0.1) is 6.92 Å². The number of para-hydroxylation sites is 1. The van der Waals surface area contributed by atoms with Crippen molar-refractivity contribution in [2.45, 2.75) is 43.7 Å². The van der Waals surface area contributed by atoms with Crippen LogP contribution in [0.5, 0.6) is 0 Å². The molecule has 0 unspecified atom stereocenters. The van der Waals surface area contributed by atoms with E-state index >= 15 is 0 Å². The highest BCUT2D eigenvalue weighted by Gasteiger charge is 2.46. The molecule has 27 heavy (non-hydrogen) atoms.